The molecule has 0 aromatic heterocycles. The van der Waals surface area contributed by atoms with E-state index in [0.29, 0.717) is 0 Å². The molecule has 0 bridgehead atoms. The topological polar surface area (TPSA) is 20.3 Å². The Hall–Kier alpha value is -0.830. The van der Waals surface area contributed by atoms with Crippen LogP contribution in [0.15, 0.2) is 24.3 Å². The second-order valence-electron chi connectivity index (χ2n) is 4.41. The third-order valence-corrected chi connectivity index (χ3v) is 4.32. The molecule has 0 heterocycles. The van der Waals surface area contributed by atoms with Crippen molar-refractivity contribution in [3.63, 3.8) is 0 Å². The van der Waals surface area contributed by atoms with Gasteiger partial charge >= 0.3 is 0 Å². The van der Waals surface area contributed by atoms with Gasteiger partial charge in [-0.1, -0.05) is 40.2 Å². The number of nitrogens with zero attached hydrogens (tertiary/aromatic N) is 1. The van der Waals surface area contributed by atoms with Crippen LogP contribution in [0, 0.1) is 0 Å². The first kappa shape index (κ1) is 11.6. The first-order valence-electron chi connectivity index (χ1n) is 5.55. The van der Waals surface area contributed by atoms with Crippen molar-refractivity contribution < 1.29 is 4.79 Å². The first-order valence-corrected chi connectivity index (χ1v) is 6.67. The molecule has 2 nitrogen and oxygen atoms in total. The highest BCUT2D eigenvalue weighted by molar-refractivity contribution is 9.09. The van der Waals surface area contributed by atoms with Gasteiger partial charge in [0.15, 0.2) is 0 Å². The van der Waals surface area contributed by atoms with Gasteiger partial charge in [0, 0.05) is 18.4 Å². The maximum Gasteiger partial charge on any atom is 0.230 e. The predicted molar refractivity (Wildman–Crippen MR) is 68.9 cm³/mol. The number of likely N-dealkylation sites (N-methyl/N-ethyl adjacent to an activating group) is 1. The number of carbonyl (C=O) groups is 1. The van der Waals surface area contributed by atoms with Crippen molar-refractivity contribution in [2.24, 2.45) is 0 Å². The van der Waals surface area contributed by atoms with Crippen molar-refractivity contribution in [1.82, 2.24) is 4.90 Å². The molecule has 0 spiro atoms. The van der Waals surface area contributed by atoms with Crippen LogP contribution in [0.1, 0.15) is 24.0 Å². The summed E-state index contributed by atoms with van der Waals surface area (Å²) in [4.78, 5) is 14.0. The maximum atomic E-state index is 12.2. The third-order valence-electron chi connectivity index (χ3n) is 3.38. The molecule has 0 saturated heterocycles. The van der Waals surface area contributed by atoms with Crippen LogP contribution in [0.5, 0.6) is 0 Å². The molecule has 0 aliphatic heterocycles. The van der Waals surface area contributed by atoms with E-state index in [4.69, 9.17) is 0 Å². The summed E-state index contributed by atoms with van der Waals surface area (Å²) in [6, 6.07) is 8.46. The number of alkyl halides is 1. The molecule has 1 aliphatic carbocycles. The van der Waals surface area contributed by atoms with Crippen LogP contribution in [-0.4, -0.2) is 29.2 Å². The minimum Gasteiger partial charge on any atom is -0.342 e. The van der Waals surface area contributed by atoms with E-state index in [2.05, 4.69) is 35.0 Å². The summed E-state index contributed by atoms with van der Waals surface area (Å²) in [6.07, 6.45) is 0.897. The van der Waals surface area contributed by atoms with Gasteiger partial charge in [0.1, 0.15) is 0 Å². The fourth-order valence-electron chi connectivity index (χ4n) is 2.05. The number of halogens is 1. The van der Waals surface area contributed by atoms with Gasteiger partial charge in [-0.25, -0.2) is 0 Å². The fourth-order valence-corrected chi connectivity index (χ4v) is 2.48. The molecular formula is C13H16BrNO. The minimum atomic E-state index is 0.0858. The summed E-state index contributed by atoms with van der Waals surface area (Å²) in [7, 11) is 1.88. The molecule has 0 N–H and O–H groups in total. The molecule has 0 saturated carbocycles. The van der Waals surface area contributed by atoms with E-state index in [1.807, 2.05) is 24.1 Å². The van der Waals surface area contributed by atoms with Crippen molar-refractivity contribution in [2.75, 3.05) is 12.4 Å². The van der Waals surface area contributed by atoms with Crippen LogP contribution >= 0.6 is 15.9 Å². The Balaban J connectivity index is 2.10. The molecule has 1 amide bonds. The van der Waals surface area contributed by atoms with Crippen LogP contribution in [0.4, 0.5) is 0 Å². The van der Waals surface area contributed by atoms with Crippen molar-refractivity contribution in [3.05, 3.63) is 35.4 Å². The number of hydrogen-bond donors (Lipinski definition) is 0. The summed E-state index contributed by atoms with van der Waals surface area (Å²) in [5.41, 5.74) is 2.53. The number of carbonyl (C=O) groups excluding carboxylic acids is 1. The quantitative estimate of drug-likeness (QED) is 0.780. The van der Waals surface area contributed by atoms with Gasteiger partial charge in [-0.3, -0.25) is 4.79 Å². The van der Waals surface area contributed by atoms with Gasteiger partial charge in [0.25, 0.3) is 0 Å². The normalized spacial score (nSPS) is 19.6. The molecule has 0 fully saturated rings. The Bertz CT molecular complexity index is 405. The Morgan fingerprint density at radius 1 is 1.56 bits per heavy atom. The second-order valence-corrected chi connectivity index (χ2v) is 5.06. The zero-order valence-electron chi connectivity index (χ0n) is 9.61. The lowest BCUT2D eigenvalue weighted by molar-refractivity contribution is -0.133. The van der Waals surface area contributed by atoms with E-state index in [0.717, 1.165) is 11.8 Å². The van der Waals surface area contributed by atoms with Crippen LogP contribution < -0.4 is 0 Å². The van der Waals surface area contributed by atoms with Gasteiger partial charge in [-0.2, -0.15) is 0 Å². The molecule has 2 rings (SSSR count). The first-order chi connectivity index (χ1) is 7.65. The average Bonchev–Trinajstić information content (AvgIpc) is 2.28. The van der Waals surface area contributed by atoms with Gasteiger partial charge in [0.2, 0.25) is 5.91 Å². The summed E-state index contributed by atoms with van der Waals surface area (Å²) >= 11 is 3.41. The molecule has 2 unspecified atom stereocenters. The molecule has 16 heavy (non-hydrogen) atoms. The highest BCUT2D eigenvalue weighted by Gasteiger charge is 2.34. The van der Waals surface area contributed by atoms with Crippen LogP contribution in [0.2, 0.25) is 0 Å². The maximum absolute atomic E-state index is 12.2. The molecule has 1 aliphatic rings. The third kappa shape index (κ3) is 1.88. The van der Waals surface area contributed by atoms with Crippen LogP contribution in [0.3, 0.4) is 0 Å². The summed E-state index contributed by atoms with van der Waals surface area (Å²) < 4.78 is 0. The van der Waals surface area contributed by atoms with Crippen LogP contribution in [0.25, 0.3) is 0 Å². The molecule has 1 aromatic carbocycles. The summed E-state index contributed by atoms with van der Waals surface area (Å²) in [5, 5.41) is 0.823. The number of fused-ring (bicyclic) bond motifs is 1. The zero-order valence-corrected chi connectivity index (χ0v) is 11.2. The number of rotatable bonds is 3. The smallest absolute Gasteiger partial charge is 0.230 e. The van der Waals surface area contributed by atoms with E-state index >= 15 is 0 Å². The summed E-state index contributed by atoms with van der Waals surface area (Å²) in [6.45, 7) is 2.05. The second kappa shape index (κ2) is 4.58. The average molecular weight is 282 g/mol. The molecule has 3 heteroatoms. The lowest BCUT2D eigenvalue weighted by Crippen LogP contribution is -2.42. The van der Waals surface area contributed by atoms with Crippen molar-refractivity contribution in [2.45, 2.75) is 25.3 Å². The highest BCUT2D eigenvalue weighted by atomic mass is 79.9. The molecular weight excluding hydrogens is 266 g/mol. The molecule has 1 aromatic rings. The van der Waals surface area contributed by atoms with Crippen molar-refractivity contribution >= 4 is 21.8 Å². The predicted octanol–water partition coefficient (Wildman–Crippen LogP) is 2.57. The fraction of sp³-hybridized carbons (Fsp3) is 0.462. The van der Waals surface area contributed by atoms with Crippen LogP contribution in [-0.2, 0) is 11.2 Å². The van der Waals surface area contributed by atoms with Crippen molar-refractivity contribution in [3.8, 4) is 0 Å². The number of hydrogen-bond acceptors (Lipinski definition) is 1. The van der Waals surface area contributed by atoms with Gasteiger partial charge < -0.3 is 4.90 Å². The number of amides is 1. The Morgan fingerprint density at radius 3 is 2.88 bits per heavy atom. The summed E-state index contributed by atoms with van der Waals surface area (Å²) in [5.74, 6) is 0.327. The highest BCUT2D eigenvalue weighted by Crippen LogP contribution is 2.36. The lowest BCUT2D eigenvalue weighted by atomic mass is 9.77. The van der Waals surface area contributed by atoms with Crippen molar-refractivity contribution in [1.29, 1.82) is 0 Å². The number of benzene rings is 1. The Labute approximate surface area is 105 Å². The zero-order chi connectivity index (χ0) is 11.7. The standard InChI is InChI=1S/C13H16BrNO/c1-9(8-14)15(2)13(16)12-7-10-5-3-4-6-11(10)12/h3-6,9,12H,7-8H2,1-2H3. The Morgan fingerprint density at radius 2 is 2.25 bits per heavy atom. The molecule has 86 valence electrons. The lowest BCUT2D eigenvalue weighted by Gasteiger charge is -2.34. The molecule has 2 atom stereocenters. The van der Waals surface area contributed by atoms with E-state index in [1.54, 1.807) is 0 Å². The SMILES string of the molecule is CC(CBr)N(C)C(=O)C1Cc2ccccc21. The Kier molecular flexibility index (Phi) is 3.33. The monoisotopic (exact) mass is 281 g/mol. The molecule has 0 radical (unpaired) electrons. The minimum absolute atomic E-state index is 0.0858. The van der Waals surface area contributed by atoms with E-state index in [-0.39, 0.29) is 17.9 Å². The van der Waals surface area contributed by atoms with E-state index < -0.39 is 0 Å². The van der Waals surface area contributed by atoms with Gasteiger partial charge in [-0.15, -0.1) is 0 Å². The van der Waals surface area contributed by atoms with E-state index in [9.17, 15) is 4.79 Å². The van der Waals surface area contributed by atoms with Gasteiger partial charge in [0.05, 0.1) is 5.92 Å². The van der Waals surface area contributed by atoms with Gasteiger partial charge in [-0.05, 0) is 24.5 Å². The van der Waals surface area contributed by atoms with E-state index in [1.165, 1.54) is 11.1 Å². The largest absolute Gasteiger partial charge is 0.342 e.